The van der Waals surface area contributed by atoms with Crippen LogP contribution in [0.2, 0.25) is 5.02 Å². The van der Waals surface area contributed by atoms with Crippen molar-refractivity contribution in [2.75, 3.05) is 0 Å². The van der Waals surface area contributed by atoms with E-state index >= 15 is 0 Å². The molecule has 0 amide bonds. The lowest BCUT2D eigenvalue weighted by atomic mass is 10.0. The number of rotatable bonds is 1. The van der Waals surface area contributed by atoms with E-state index in [0.29, 0.717) is 0 Å². The smallest absolute Gasteiger partial charge is 0.0979 e. The second-order valence-corrected chi connectivity index (χ2v) is 6.50. The highest BCUT2D eigenvalue weighted by molar-refractivity contribution is 6.30. The van der Waals surface area contributed by atoms with Crippen LogP contribution in [-0.4, -0.2) is 9.97 Å². The van der Waals surface area contributed by atoms with Gasteiger partial charge < -0.3 is 0 Å². The van der Waals surface area contributed by atoms with Gasteiger partial charge in [-0.15, -0.1) is 0 Å². The molecule has 1 aliphatic rings. The van der Waals surface area contributed by atoms with Gasteiger partial charge in [0.05, 0.1) is 22.4 Å². The van der Waals surface area contributed by atoms with E-state index in [2.05, 4.69) is 24.3 Å². The first-order valence-electron chi connectivity index (χ1n) is 8.14. The maximum atomic E-state index is 6.01. The number of fused-ring (bicyclic) bond motifs is 4. The predicted octanol–water partition coefficient (Wildman–Crippen LogP) is 5.85. The van der Waals surface area contributed by atoms with E-state index in [-0.39, 0.29) is 0 Å². The summed E-state index contributed by atoms with van der Waals surface area (Å²) in [7, 11) is 0. The molecule has 3 aromatic carbocycles. The van der Waals surface area contributed by atoms with Gasteiger partial charge in [-0.05, 0) is 41.5 Å². The van der Waals surface area contributed by atoms with Crippen LogP contribution in [0.4, 0.5) is 0 Å². The summed E-state index contributed by atoms with van der Waals surface area (Å²) in [6.07, 6.45) is 2.16. The van der Waals surface area contributed by atoms with Crippen molar-refractivity contribution in [3.63, 3.8) is 0 Å². The molecule has 0 saturated heterocycles. The second kappa shape index (κ2) is 5.54. The molecule has 0 N–H and O–H groups in total. The minimum atomic E-state index is 0.736. The zero-order chi connectivity index (χ0) is 16.8. The molecule has 1 aromatic heterocycles. The van der Waals surface area contributed by atoms with Gasteiger partial charge in [-0.2, -0.15) is 0 Å². The van der Waals surface area contributed by atoms with Crippen LogP contribution in [0, 0.1) is 0 Å². The summed E-state index contributed by atoms with van der Waals surface area (Å²) >= 11 is 6.01. The normalized spacial score (nSPS) is 13.9. The van der Waals surface area contributed by atoms with Crippen LogP contribution < -0.4 is 0 Å². The number of benzene rings is 3. The van der Waals surface area contributed by atoms with Crippen molar-refractivity contribution >= 4 is 34.3 Å². The quantitative estimate of drug-likeness (QED) is 0.382. The highest BCUT2D eigenvalue weighted by Crippen LogP contribution is 2.43. The Morgan fingerprint density at radius 1 is 0.640 bits per heavy atom. The van der Waals surface area contributed by atoms with Gasteiger partial charge >= 0.3 is 0 Å². The predicted molar refractivity (Wildman–Crippen MR) is 103 cm³/mol. The minimum absolute atomic E-state index is 0.736. The molecule has 25 heavy (non-hydrogen) atoms. The Balaban J connectivity index is 1.80. The Kier molecular flexibility index (Phi) is 3.19. The Hall–Kier alpha value is -2.97. The van der Waals surface area contributed by atoms with Gasteiger partial charge in [0.25, 0.3) is 0 Å². The summed E-state index contributed by atoms with van der Waals surface area (Å²) in [6, 6.07) is 24.2. The third-order valence-electron chi connectivity index (χ3n) is 4.48. The van der Waals surface area contributed by atoms with Crippen molar-refractivity contribution in [1.82, 2.24) is 9.97 Å². The van der Waals surface area contributed by atoms with Gasteiger partial charge in [0, 0.05) is 16.2 Å². The third-order valence-corrected chi connectivity index (χ3v) is 4.73. The van der Waals surface area contributed by atoms with Crippen molar-refractivity contribution in [3.8, 4) is 11.3 Å². The Morgan fingerprint density at radius 2 is 1.24 bits per heavy atom. The van der Waals surface area contributed by atoms with E-state index in [0.717, 1.165) is 44.1 Å². The van der Waals surface area contributed by atoms with Crippen molar-refractivity contribution in [2.45, 2.75) is 0 Å². The molecule has 2 nitrogen and oxygen atoms in total. The first-order valence-corrected chi connectivity index (χ1v) is 8.51. The monoisotopic (exact) mass is 340 g/mol. The van der Waals surface area contributed by atoms with Crippen molar-refractivity contribution in [2.24, 2.45) is 0 Å². The van der Waals surface area contributed by atoms with E-state index in [9.17, 15) is 0 Å². The lowest BCUT2D eigenvalue weighted by molar-refractivity contribution is 1.28. The highest BCUT2D eigenvalue weighted by Gasteiger charge is 2.26. The van der Waals surface area contributed by atoms with Crippen LogP contribution in [0.15, 0.2) is 72.8 Å². The molecular weight excluding hydrogens is 328 g/mol. The summed E-state index contributed by atoms with van der Waals surface area (Å²) in [5.74, 6) is 0. The molecular formula is C22H13ClN2. The largest absolute Gasteiger partial charge is 0.244 e. The van der Waals surface area contributed by atoms with Gasteiger partial charge in [0.15, 0.2) is 0 Å². The first kappa shape index (κ1) is 14.4. The van der Waals surface area contributed by atoms with Crippen LogP contribution in [-0.2, 0) is 0 Å². The molecule has 3 heteroatoms. The average molecular weight is 341 g/mol. The fraction of sp³-hybridized carbons (Fsp3) is 0. The summed E-state index contributed by atoms with van der Waals surface area (Å²) in [5.41, 5.74) is 8.23. The summed E-state index contributed by atoms with van der Waals surface area (Å²) in [4.78, 5) is 9.79. The van der Waals surface area contributed by atoms with E-state index in [1.165, 1.54) is 5.56 Å². The summed E-state index contributed by atoms with van der Waals surface area (Å²) in [5, 5.41) is 0.736. The molecule has 5 rings (SSSR count). The van der Waals surface area contributed by atoms with Crippen LogP contribution in [0.25, 0.3) is 33.9 Å². The molecule has 0 saturated carbocycles. The molecule has 0 unspecified atom stereocenters. The molecule has 0 fully saturated rings. The Labute approximate surface area is 150 Å². The van der Waals surface area contributed by atoms with E-state index < -0.39 is 0 Å². The van der Waals surface area contributed by atoms with Crippen LogP contribution in [0.3, 0.4) is 0 Å². The number of hydrogen-bond donors (Lipinski definition) is 0. The van der Waals surface area contributed by atoms with Crippen LogP contribution in [0.5, 0.6) is 0 Å². The average Bonchev–Trinajstić information content (AvgIpc) is 2.95. The SMILES string of the molecule is Clc1ccc(C=C2c3ccccc3-c3nc4ccccc4nc32)cc1. The lowest BCUT2D eigenvalue weighted by Crippen LogP contribution is -1.92. The highest BCUT2D eigenvalue weighted by atomic mass is 35.5. The fourth-order valence-electron chi connectivity index (χ4n) is 3.30. The standard InChI is InChI=1S/C22H13ClN2/c23-15-11-9-14(10-12-15)13-18-16-5-1-2-6-17(16)21-22(18)25-20-8-4-3-7-19(20)24-21/h1-13H. The molecule has 4 aromatic rings. The molecule has 0 spiro atoms. The lowest BCUT2D eigenvalue weighted by Gasteiger charge is -2.04. The third kappa shape index (κ3) is 2.34. The molecule has 0 aliphatic heterocycles. The van der Waals surface area contributed by atoms with E-state index in [1.807, 2.05) is 54.6 Å². The minimum Gasteiger partial charge on any atom is -0.244 e. The van der Waals surface area contributed by atoms with E-state index in [1.54, 1.807) is 0 Å². The molecule has 1 aliphatic carbocycles. The van der Waals surface area contributed by atoms with Gasteiger partial charge in [0.1, 0.15) is 0 Å². The number of para-hydroxylation sites is 2. The number of nitrogens with zero attached hydrogens (tertiary/aromatic N) is 2. The van der Waals surface area contributed by atoms with Crippen molar-refractivity contribution in [1.29, 1.82) is 0 Å². The zero-order valence-electron chi connectivity index (χ0n) is 13.3. The van der Waals surface area contributed by atoms with Crippen molar-refractivity contribution < 1.29 is 0 Å². The second-order valence-electron chi connectivity index (χ2n) is 6.06. The van der Waals surface area contributed by atoms with Gasteiger partial charge in [-0.3, -0.25) is 0 Å². The Bertz CT molecular complexity index is 1140. The molecule has 118 valence electrons. The van der Waals surface area contributed by atoms with Crippen molar-refractivity contribution in [3.05, 3.63) is 94.6 Å². The van der Waals surface area contributed by atoms with Gasteiger partial charge in [-0.1, -0.05) is 60.1 Å². The summed E-state index contributed by atoms with van der Waals surface area (Å²) in [6.45, 7) is 0. The van der Waals surface area contributed by atoms with Crippen LogP contribution >= 0.6 is 11.6 Å². The number of halogens is 1. The van der Waals surface area contributed by atoms with Crippen LogP contribution in [0.1, 0.15) is 16.8 Å². The summed E-state index contributed by atoms with van der Waals surface area (Å²) < 4.78 is 0. The molecule has 1 heterocycles. The topological polar surface area (TPSA) is 25.8 Å². The maximum Gasteiger partial charge on any atom is 0.0979 e. The van der Waals surface area contributed by atoms with E-state index in [4.69, 9.17) is 21.6 Å². The maximum absolute atomic E-state index is 6.01. The fourth-order valence-corrected chi connectivity index (χ4v) is 3.43. The number of hydrogen-bond acceptors (Lipinski definition) is 2. The first-order chi connectivity index (χ1) is 12.3. The molecule has 0 radical (unpaired) electrons. The molecule has 0 bridgehead atoms. The van der Waals surface area contributed by atoms with Gasteiger partial charge in [0.2, 0.25) is 0 Å². The zero-order valence-corrected chi connectivity index (χ0v) is 14.0. The molecule has 0 atom stereocenters. The number of aromatic nitrogens is 2. The Morgan fingerprint density at radius 3 is 1.96 bits per heavy atom. The van der Waals surface area contributed by atoms with Gasteiger partial charge in [-0.25, -0.2) is 9.97 Å².